The van der Waals surface area contributed by atoms with Crippen molar-refractivity contribution >= 4 is 11.8 Å². The predicted octanol–water partition coefficient (Wildman–Crippen LogP) is 8.15. The lowest BCUT2D eigenvalue weighted by Crippen LogP contribution is -1.88. The van der Waals surface area contributed by atoms with E-state index in [0.717, 1.165) is 0 Å². The molecule has 1 heterocycles. The molecule has 1 rings (SSSR count). The maximum absolute atomic E-state index is 2.21. The maximum Gasteiger partial charge on any atom is -0.00675 e. The molecule has 0 atom stereocenters. The quantitative estimate of drug-likeness (QED) is 0.433. The van der Waals surface area contributed by atoms with E-state index in [4.69, 9.17) is 0 Å². The summed E-state index contributed by atoms with van der Waals surface area (Å²) in [4.78, 5) is 0. The van der Waals surface area contributed by atoms with Gasteiger partial charge < -0.3 is 0 Å². The van der Waals surface area contributed by atoms with Gasteiger partial charge >= 0.3 is 0 Å². The molecular formula is C21H42S. The molecular weight excluding hydrogens is 284 g/mol. The highest BCUT2D eigenvalue weighted by molar-refractivity contribution is 7.99. The summed E-state index contributed by atoms with van der Waals surface area (Å²) < 4.78 is 0. The summed E-state index contributed by atoms with van der Waals surface area (Å²) in [5.41, 5.74) is 0. The average molecular weight is 327 g/mol. The maximum atomic E-state index is 2.21. The molecule has 0 aromatic rings. The summed E-state index contributed by atoms with van der Waals surface area (Å²) in [5, 5.41) is 0. The van der Waals surface area contributed by atoms with Crippen molar-refractivity contribution in [2.75, 3.05) is 11.5 Å². The Morgan fingerprint density at radius 1 is 0.227 bits per heavy atom. The molecule has 0 aromatic carbocycles. The van der Waals surface area contributed by atoms with Crippen molar-refractivity contribution in [1.82, 2.24) is 0 Å². The summed E-state index contributed by atoms with van der Waals surface area (Å²) in [7, 11) is 0. The van der Waals surface area contributed by atoms with Gasteiger partial charge in [-0.05, 0) is 24.3 Å². The van der Waals surface area contributed by atoms with Gasteiger partial charge in [0.2, 0.25) is 0 Å². The van der Waals surface area contributed by atoms with Crippen LogP contribution in [0.25, 0.3) is 0 Å². The SMILES string of the molecule is C1CCCCCCCCCCSCCCCCCCCCC1. The van der Waals surface area contributed by atoms with Gasteiger partial charge in [0.25, 0.3) is 0 Å². The van der Waals surface area contributed by atoms with Gasteiger partial charge in [-0.1, -0.05) is 109 Å². The molecule has 1 saturated heterocycles. The van der Waals surface area contributed by atoms with E-state index < -0.39 is 0 Å². The molecule has 0 saturated carbocycles. The lowest BCUT2D eigenvalue weighted by atomic mass is 10.0. The Labute approximate surface area is 145 Å². The summed E-state index contributed by atoms with van der Waals surface area (Å²) in [6.07, 6.45) is 28.3. The van der Waals surface area contributed by atoms with Crippen molar-refractivity contribution in [3.63, 3.8) is 0 Å². The van der Waals surface area contributed by atoms with Gasteiger partial charge in [0.1, 0.15) is 0 Å². The van der Waals surface area contributed by atoms with Gasteiger partial charge in [0, 0.05) is 0 Å². The van der Waals surface area contributed by atoms with Gasteiger partial charge in [0.15, 0.2) is 0 Å². The predicted molar refractivity (Wildman–Crippen MR) is 105 cm³/mol. The summed E-state index contributed by atoms with van der Waals surface area (Å²) in [5.74, 6) is 2.83. The molecule has 1 aliphatic heterocycles. The Morgan fingerprint density at radius 2 is 0.409 bits per heavy atom. The fourth-order valence-electron chi connectivity index (χ4n) is 3.52. The minimum atomic E-state index is 1.42. The summed E-state index contributed by atoms with van der Waals surface area (Å²) >= 11 is 2.21. The van der Waals surface area contributed by atoms with Crippen molar-refractivity contribution < 1.29 is 0 Å². The minimum absolute atomic E-state index is 1.42. The van der Waals surface area contributed by atoms with E-state index in [2.05, 4.69) is 11.8 Å². The molecule has 0 aliphatic carbocycles. The fraction of sp³-hybridized carbons (Fsp3) is 1.00. The first kappa shape index (κ1) is 20.4. The second-order valence-electron chi connectivity index (χ2n) is 7.33. The van der Waals surface area contributed by atoms with Gasteiger partial charge in [-0.15, -0.1) is 0 Å². The first-order chi connectivity index (χ1) is 11.0. The van der Waals surface area contributed by atoms with E-state index in [-0.39, 0.29) is 0 Å². The fourth-order valence-corrected chi connectivity index (χ4v) is 4.54. The largest absolute Gasteiger partial charge is 0.162 e. The first-order valence-corrected chi connectivity index (χ1v) is 11.7. The van der Waals surface area contributed by atoms with Crippen molar-refractivity contribution in [3.05, 3.63) is 0 Å². The Bertz CT molecular complexity index is 104. The van der Waals surface area contributed by atoms with E-state index in [0.29, 0.717) is 0 Å². The third-order valence-electron chi connectivity index (χ3n) is 5.08. The third kappa shape index (κ3) is 15.3. The zero-order valence-electron chi connectivity index (χ0n) is 15.3. The molecule has 22 heavy (non-hydrogen) atoms. The van der Waals surface area contributed by atoms with Crippen LogP contribution in [0.1, 0.15) is 122 Å². The monoisotopic (exact) mass is 326 g/mol. The van der Waals surface area contributed by atoms with Gasteiger partial charge in [0.05, 0.1) is 0 Å². The zero-order chi connectivity index (χ0) is 15.6. The molecule has 1 heteroatoms. The molecule has 0 aromatic heterocycles. The van der Waals surface area contributed by atoms with Crippen molar-refractivity contribution in [3.8, 4) is 0 Å². The molecule has 0 amide bonds. The molecule has 0 nitrogen and oxygen atoms in total. The van der Waals surface area contributed by atoms with Crippen LogP contribution in [0.4, 0.5) is 0 Å². The molecule has 0 unspecified atom stereocenters. The minimum Gasteiger partial charge on any atom is -0.162 e. The molecule has 0 N–H and O–H groups in total. The van der Waals surface area contributed by atoms with Crippen LogP contribution in [-0.4, -0.2) is 11.5 Å². The van der Waals surface area contributed by atoms with E-state index in [1.54, 1.807) is 0 Å². The number of thioether (sulfide) groups is 1. The van der Waals surface area contributed by atoms with Crippen molar-refractivity contribution in [2.24, 2.45) is 0 Å². The lowest BCUT2D eigenvalue weighted by Gasteiger charge is -2.05. The summed E-state index contributed by atoms with van der Waals surface area (Å²) in [6, 6.07) is 0. The van der Waals surface area contributed by atoms with Crippen molar-refractivity contribution in [2.45, 2.75) is 122 Å². The standard InChI is InChI=1S/C21H42S/c1-2-4-6-8-10-12-14-16-18-20-22-21-19-17-15-13-11-9-7-5-3-1/h1-21H2. The average Bonchev–Trinajstić information content (AvgIpc) is 2.53. The van der Waals surface area contributed by atoms with Crippen LogP contribution < -0.4 is 0 Å². The Kier molecular flexibility index (Phi) is 16.4. The lowest BCUT2D eigenvalue weighted by molar-refractivity contribution is 0.524. The molecule has 0 radical (unpaired) electrons. The number of rotatable bonds is 0. The highest BCUT2D eigenvalue weighted by Gasteiger charge is 1.97. The second kappa shape index (κ2) is 17.7. The Morgan fingerprint density at radius 3 is 0.636 bits per heavy atom. The highest BCUT2D eigenvalue weighted by Crippen LogP contribution is 2.16. The second-order valence-corrected chi connectivity index (χ2v) is 8.55. The normalized spacial score (nSPS) is 24.0. The van der Waals surface area contributed by atoms with Crippen LogP contribution in [0, 0.1) is 0 Å². The molecule has 1 aliphatic rings. The van der Waals surface area contributed by atoms with Crippen molar-refractivity contribution in [1.29, 1.82) is 0 Å². The summed E-state index contributed by atoms with van der Waals surface area (Å²) in [6.45, 7) is 0. The van der Waals surface area contributed by atoms with Gasteiger partial charge in [-0.25, -0.2) is 0 Å². The molecule has 132 valence electrons. The van der Waals surface area contributed by atoms with Crippen LogP contribution in [0.2, 0.25) is 0 Å². The zero-order valence-corrected chi connectivity index (χ0v) is 16.1. The third-order valence-corrected chi connectivity index (χ3v) is 6.23. The number of hydrogen-bond donors (Lipinski definition) is 0. The Hall–Kier alpha value is 0.350. The van der Waals surface area contributed by atoms with Gasteiger partial charge in [-0.3, -0.25) is 0 Å². The van der Waals surface area contributed by atoms with E-state index in [1.165, 1.54) is 134 Å². The van der Waals surface area contributed by atoms with Crippen LogP contribution >= 0.6 is 11.8 Å². The topological polar surface area (TPSA) is 0 Å². The number of hydrogen-bond acceptors (Lipinski definition) is 1. The Balaban J connectivity index is 2.00. The smallest absolute Gasteiger partial charge is 0.00675 e. The van der Waals surface area contributed by atoms with E-state index in [1.807, 2.05) is 0 Å². The molecule has 0 spiro atoms. The van der Waals surface area contributed by atoms with Crippen LogP contribution in [0.3, 0.4) is 0 Å². The van der Waals surface area contributed by atoms with Gasteiger partial charge in [-0.2, -0.15) is 11.8 Å². The van der Waals surface area contributed by atoms with Crippen LogP contribution in [-0.2, 0) is 0 Å². The first-order valence-electron chi connectivity index (χ1n) is 10.6. The highest BCUT2D eigenvalue weighted by atomic mass is 32.2. The molecule has 0 bridgehead atoms. The van der Waals surface area contributed by atoms with E-state index >= 15 is 0 Å². The molecule has 1 fully saturated rings. The van der Waals surface area contributed by atoms with E-state index in [9.17, 15) is 0 Å². The van der Waals surface area contributed by atoms with Crippen LogP contribution in [0.5, 0.6) is 0 Å². The van der Waals surface area contributed by atoms with Crippen LogP contribution in [0.15, 0.2) is 0 Å².